The number of nitrogens with one attached hydrogen (secondary N) is 1. The van der Waals surface area contributed by atoms with Gasteiger partial charge >= 0.3 is 0 Å². The van der Waals surface area contributed by atoms with Crippen molar-refractivity contribution >= 4 is 11.3 Å². The molecule has 0 aliphatic rings. The number of hydrogen-bond donors (Lipinski definition) is 1. The van der Waals surface area contributed by atoms with Gasteiger partial charge in [0.2, 0.25) is 0 Å². The first-order valence-corrected chi connectivity index (χ1v) is 7.84. The molecular formula is C16H22N2OS. The second-order valence-corrected chi connectivity index (χ2v) is 6.09. The molecule has 0 spiro atoms. The van der Waals surface area contributed by atoms with Gasteiger partial charge in [0.1, 0.15) is 10.8 Å². The van der Waals surface area contributed by atoms with Gasteiger partial charge in [0.25, 0.3) is 0 Å². The average Bonchev–Trinajstić information content (AvgIpc) is 2.83. The van der Waals surface area contributed by atoms with E-state index in [1.54, 1.807) is 11.3 Å². The summed E-state index contributed by atoms with van der Waals surface area (Å²) in [6.07, 6.45) is 0.190. The van der Waals surface area contributed by atoms with Crippen LogP contribution >= 0.6 is 11.3 Å². The molecule has 108 valence electrons. The lowest BCUT2D eigenvalue weighted by Crippen LogP contribution is -2.19. The fourth-order valence-electron chi connectivity index (χ4n) is 1.94. The van der Waals surface area contributed by atoms with E-state index in [2.05, 4.69) is 28.7 Å². The van der Waals surface area contributed by atoms with Crippen molar-refractivity contribution < 1.29 is 4.74 Å². The Bertz CT molecular complexity index is 551. The summed E-state index contributed by atoms with van der Waals surface area (Å²) in [6.45, 7) is 9.04. The van der Waals surface area contributed by atoms with Crippen molar-refractivity contribution in [1.29, 1.82) is 0 Å². The van der Waals surface area contributed by atoms with E-state index in [9.17, 15) is 0 Å². The van der Waals surface area contributed by atoms with Gasteiger partial charge in [-0.15, -0.1) is 11.3 Å². The van der Waals surface area contributed by atoms with Gasteiger partial charge in [-0.25, -0.2) is 4.98 Å². The smallest absolute Gasteiger partial charge is 0.124 e. The first-order valence-electron chi connectivity index (χ1n) is 6.96. The number of ether oxygens (including phenoxy) is 1. The molecule has 0 aliphatic carbocycles. The molecule has 1 unspecified atom stereocenters. The van der Waals surface area contributed by atoms with Crippen LogP contribution < -0.4 is 10.1 Å². The monoisotopic (exact) mass is 290 g/mol. The van der Waals surface area contributed by atoms with E-state index in [0.29, 0.717) is 0 Å². The Labute approximate surface area is 125 Å². The summed E-state index contributed by atoms with van der Waals surface area (Å²) >= 11 is 1.70. The Morgan fingerprint density at radius 3 is 2.65 bits per heavy atom. The zero-order chi connectivity index (χ0) is 14.5. The molecule has 3 nitrogen and oxygen atoms in total. The molecule has 1 aromatic heterocycles. The molecule has 1 N–H and O–H groups in total. The third-order valence-electron chi connectivity index (χ3n) is 2.94. The van der Waals surface area contributed by atoms with Crippen LogP contribution in [0.25, 0.3) is 0 Å². The third-order valence-corrected chi connectivity index (χ3v) is 4.09. The average molecular weight is 290 g/mol. The van der Waals surface area contributed by atoms with Crippen LogP contribution in [0.4, 0.5) is 0 Å². The van der Waals surface area contributed by atoms with Gasteiger partial charge in [0.05, 0.1) is 12.1 Å². The predicted octanol–water partition coefficient (Wildman–Crippen LogP) is 4.09. The third kappa shape index (κ3) is 4.05. The van der Waals surface area contributed by atoms with E-state index in [4.69, 9.17) is 4.74 Å². The Kier molecular flexibility index (Phi) is 5.15. The number of para-hydroxylation sites is 1. The molecule has 2 aromatic rings. The predicted molar refractivity (Wildman–Crippen MR) is 84.3 cm³/mol. The standard InChI is InChI=1S/C16H22N2OS/c1-11(2)19-15-8-6-5-7-14(15)9-17-13(4)16-18-12(3)10-20-16/h5-8,10-11,13,17H,9H2,1-4H3. The molecule has 1 aromatic carbocycles. The van der Waals surface area contributed by atoms with Crippen molar-refractivity contribution in [1.82, 2.24) is 10.3 Å². The minimum atomic E-state index is 0.190. The van der Waals surface area contributed by atoms with Gasteiger partial charge in [-0.3, -0.25) is 0 Å². The summed E-state index contributed by atoms with van der Waals surface area (Å²) < 4.78 is 5.83. The highest BCUT2D eigenvalue weighted by Gasteiger charge is 2.10. The summed E-state index contributed by atoms with van der Waals surface area (Å²) in [6, 6.07) is 8.43. The molecule has 4 heteroatoms. The highest BCUT2D eigenvalue weighted by molar-refractivity contribution is 7.09. The number of aryl methyl sites for hydroxylation is 1. The summed E-state index contributed by atoms with van der Waals surface area (Å²) in [5.74, 6) is 0.956. The summed E-state index contributed by atoms with van der Waals surface area (Å²) in [5, 5.41) is 6.73. The van der Waals surface area contributed by atoms with Crippen molar-refractivity contribution in [2.24, 2.45) is 0 Å². The van der Waals surface area contributed by atoms with Crippen molar-refractivity contribution in [3.05, 3.63) is 45.9 Å². The van der Waals surface area contributed by atoms with E-state index in [1.165, 1.54) is 5.56 Å². The van der Waals surface area contributed by atoms with Crippen LogP contribution in [0.2, 0.25) is 0 Å². The zero-order valence-corrected chi connectivity index (χ0v) is 13.3. The Morgan fingerprint density at radius 1 is 1.25 bits per heavy atom. The SMILES string of the molecule is Cc1csc(C(C)NCc2ccccc2OC(C)C)n1. The van der Waals surface area contributed by atoms with E-state index >= 15 is 0 Å². The fraction of sp³-hybridized carbons (Fsp3) is 0.438. The maximum absolute atomic E-state index is 5.83. The Morgan fingerprint density at radius 2 is 2.00 bits per heavy atom. The van der Waals surface area contributed by atoms with Crippen molar-refractivity contribution in [3.8, 4) is 5.75 Å². The molecule has 0 aliphatic heterocycles. The largest absolute Gasteiger partial charge is 0.491 e. The second kappa shape index (κ2) is 6.86. The Hall–Kier alpha value is -1.39. The highest BCUT2D eigenvalue weighted by atomic mass is 32.1. The fourth-order valence-corrected chi connectivity index (χ4v) is 2.77. The van der Waals surface area contributed by atoms with Gasteiger partial charge in [0.15, 0.2) is 0 Å². The molecule has 2 rings (SSSR count). The minimum Gasteiger partial charge on any atom is -0.491 e. The van der Waals surface area contributed by atoms with Crippen LogP contribution in [0, 0.1) is 6.92 Å². The van der Waals surface area contributed by atoms with E-state index in [1.807, 2.05) is 39.0 Å². The van der Waals surface area contributed by atoms with Crippen LogP contribution in [0.15, 0.2) is 29.6 Å². The van der Waals surface area contributed by atoms with Gasteiger partial charge in [-0.2, -0.15) is 0 Å². The lowest BCUT2D eigenvalue weighted by Gasteiger charge is -2.16. The van der Waals surface area contributed by atoms with Crippen LogP contribution in [0.1, 0.15) is 43.1 Å². The molecule has 0 bridgehead atoms. The summed E-state index contributed by atoms with van der Waals surface area (Å²) in [5.41, 5.74) is 2.27. The van der Waals surface area contributed by atoms with Gasteiger partial charge in [-0.05, 0) is 33.8 Å². The van der Waals surface area contributed by atoms with Crippen LogP contribution in [-0.4, -0.2) is 11.1 Å². The van der Waals surface area contributed by atoms with Crippen LogP contribution in [0.5, 0.6) is 5.75 Å². The molecule has 0 saturated carbocycles. The van der Waals surface area contributed by atoms with Gasteiger partial charge in [-0.1, -0.05) is 18.2 Å². The highest BCUT2D eigenvalue weighted by Crippen LogP contribution is 2.22. The molecular weight excluding hydrogens is 268 g/mol. The van der Waals surface area contributed by atoms with E-state index in [0.717, 1.165) is 23.0 Å². The number of aromatic nitrogens is 1. The minimum absolute atomic E-state index is 0.190. The van der Waals surface area contributed by atoms with Crippen LogP contribution in [0.3, 0.4) is 0 Å². The number of rotatable bonds is 6. The maximum atomic E-state index is 5.83. The van der Waals surface area contributed by atoms with Crippen molar-refractivity contribution in [2.75, 3.05) is 0 Å². The maximum Gasteiger partial charge on any atom is 0.124 e. The number of thiazole rings is 1. The number of benzene rings is 1. The molecule has 0 fully saturated rings. The van der Waals surface area contributed by atoms with Gasteiger partial charge in [0, 0.05) is 23.2 Å². The molecule has 20 heavy (non-hydrogen) atoms. The lowest BCUT2D eigenvalue weighted by molar-refractivity contribution is 0.239. The second-order valence-electron chi connectivity index (χ2n) is 5.20. The van der Waals surface area contributed by atoms with Gasteiger partial charge < -0.3 is 10.1 Å². The van der Waals surface area contributed by atoms with Crippen LogP contribution in [-0.2, 0) is 6.54 Å². The van der Waals surface area contributed by atoms with E-state index < -0.39 is 0 Å². The Balaban J connectivity index is 2.00. The molecule has 1 atom stereocenters. The molecule has 0 saturated heterocycles. The molecule has 0 amide bonds. The van der Waals surface area contributed by atoms with Crippen molar-refractivity contribution in [2.45, 2.75) is 46.4 Å². The first-order chi connectivity index (χ1) is 9.56. The first kappa shape index (κ1) is 15.0. The lowest BCUT2D eigenvalue weighted by atomic mass is 10.2. The van der Waals surface area contributed by atoms with E-state index in [-0.39, 0.29) is 12.1 Å². The quantitative estimate of drug-likeness (QED) is 0.870. The summed E-state index contributed by atoms with van der Waals surface area (Å²) in [7, 11) is 0. The normalized spacial score (nSPS) is 12.7. The molecule has 1 heterocycles. The zero-order valence-electron chi connectivity index (χ0n) is 12.5. The summed E-state index contributed by atoms with van der Waals surface area (Å²) in [4.78, 5) is 4.52. The van der Waals surface area contributed by atoms with Crippen molar-refractivity contribution in [3.63, 3.8) is 0 Å². The number of hydrogen-bond acceptors (Lipinski definition) is 4. The topological polar surface area (TPSA) is 34.1 Å². The molecule has 0 radical (unpaired) electrons. The number of nitrogens with zero attached hydrogens (tertiary/aromatic N) is 1.